The molecule has 1 aliphatic rings. The van der Waals surface area contributed by atoms with E-state index in [1.54, 1.807) is 6.07 Å². The minimum Gasteiger partial charge on any atom is -0.324 e. The van der Waals surface area contributed by atoms with Crippen LogP contribution in [-0.4, -0.2) is 5.91 Å². The molecular formula is C17H15ClFNO. The van der Waals surface area contributed by atoms with Crippen molar-refractivity contribution in [1.29, 1.82) is 0 Å². The van der Waals surface area contributed by atoms with E-state index in [1.807, 2.05) is 12.1 Å². The summed E-state index contributed by atoms with van der Waals surface area (Å²) in [6, 6.07) is 12.8. The maximum absolute atomic E-state index is 13.8. The van der Waals surface area contributed by atoms with Crippen LogP contribution in [0.1, 0.15) is 29.9 Å². The molecule has 4 heteroatoms. The summed E-state index contributed by atoms with van der Waals surface area (Å²) < 4.78 is 13.8. The molecule has 1 atom stereocenters. The van der Waals surface area contributed by atoms with Gasteiger partial charge in [0.15, 0.2) is 5.82 Å². The van der Waals surface area contributed by atoms with Crippen molar-refractivity contribution in [2.24, 2.45) is 0 Å². The highest BCUT2D eigenvalue weighted by Crippen LogP contribution is 2.35. The van der Waals surface area contributed by atoms with Crippen LogP contribution in [0.3, 0.4) is 0 Å². The number of halogens is 2. The van der Waals surface area contributed by atoms with Gasteiger partial charge in [0.2, 0.25) is 5.91 Å². The van der Waals surface area contributed by atoms with Crippen LogP contribution in [0.4, 0.5) is 10.1 Å². The van der Waals surface area contributed by atoms with Gasteiger partial charge in [-0.15, -0.1) is 0 Å². The first-order chi connectivity index (χ1) is 10.1. The first-order valence-electron chi connectivity index (χ1n) is 6.97. The highest BCUT2D eigenvalue weighted by Gasteiger charge is 2.24. The summed E-state index contributed by atoms with van der Waals surface area (Å²) >= 11 is 5.71. The predicted octanol–water partition coefficient (Wildman–Crippen LogP) is 4.54. The number of benzene rings is 2. The van der Waals surface area contributed by atoms with Crippen molar-refractivity contribution >= 4 is 23.2 Å². The van der Waals surface area contributed by atoms with Crippen LogP contribution in [0.2, 0.25) is 5.02 Å². The molecule has 0 fully saturated rings. The van der Waals surface area contributed by atoms with Crippen molar-refractivity contribution in [3.8, 4) is 0 Å². The van der Waals surface area contributed by atoms with Crippen LogP contribution in [0.25, 0.3) is 0 Å². The second-order valence-corrected chi connectivity index (χ2v) is 5.70. The van der Waals surface area contributed by atoms with Crippen molar-refractivity contribution in [1.82, 2.24) is 0 Å². The monoisotopic (exact) mass is 303 g/mol. The lowest BCUT2D eigenvalue weighted by atomic mass is 9.97. The van der Waals surface area contributed by atoms with E-state index < -0.39 is 5.82 Å². The number of carbonyl (C=O) groups is 1. The van der Waals surface area contributed by atoms with E-state index in [-0.39, 0.29) is 22.5 Å². The summed E-state index contributed by atoms with van der Waals surface area (Å²) in [6.45, 7) is 0. The molecule has 3 rings (SSSR count). The van der Waals surface area contributed by atoms with Crippen LogP contribution in [0.5, 0.6) is 0 Å². The molecule has 1 N–H and O–H groups in total. The van der Waals surface area contributed by atoms with E-state index in [4.69, 9.17) is 11.6 Å². The number of rotatable bonds is 3. The lowest BCUT2D eigenvalue weighted by molar-refractivity contribution is -0.116. The molecule has 2 nitrogen and oxygen atoms in total. The van der Waals surface area contributed by atoms with E-state index in [1.165, 1.54) is 23.3 Å². The van der Waals surface area contributed by atoms with Gasteiger partial charge in [0.1, 0.15) is 0 Å². The van der Waals surface area contributed by atoms with Gasteiger partial charge in [-0.3, -0.25) is 4.79 Å². The molecule has 0 bridgehead atoms. The zero-order chi connectivity index (χ0) is 14.8. The number of aryl methyl sites for hydroxylation is 1. The maximum atomic E-state index is 13.8. The molecular weight excluding hydrogens is 289 g/mol. The fourth-order valence-corrected chi connectivity index (χ4v) is 3.06. The third-order valence-electron chi connectivity index (χ3n) is 3.91. The number of fused-ring (bicyclic) bond motifs is 1. The standard InChI is InChI=1S/C17H15ClFNO/c18-14-6-3-7-15(17(14)19)20-16(21)10-12-9-8-11-4-1-2-5-13(11)12/h1-7,12H,8-10H2,(H,20,21). The topological polar surface area (TPSA) is 29.1 Å². The predicted molar refractivity (Wildman–Crippen MR) is 82.2 cm³/mol. The average Bonchev–Trinajstić information content (AvgIpc) is 2.87. The number of anilines is 1. The Hall–Kier alpha value is -1.87. The Morgan fingerprint density at radius 1 is 1.24 bits per heavy atom. The largest absolute Gasteiger partial charge is 0.324 e. The van der Waals surface area contributed by atoms with Crippen LogP contribution in [-0.2, 0) is 11.2 Å². The summed E-state index contributed by atoms with van der Waals surface area (Å²) in [5.74, 6) is -0.555. The minimum absolute atomic E-state index is 0.0130. The van der Waals surface area contributed by atoms with E-state index in [9.17, 15) is 9.18 Å². The second-order valence-electron chi connectivity index (χ2n) is 5.29. The molecule has 0 aromatic heterocycles. The Bertz CT molecular complexity index is 686. The lowest BCUT2D eigenvalue weighted by Crippen LogP contribution is -2.15. The van der Waals surface area contributed by atoms with Crippen LogP contribution in [0, 0.1) is 5.82 Å². The van der Waals surface area contributed by atoms with Gasteiger partial charge in [0, 0.05) is 6.42 Å². The molecule has 0 saturated heterocycles. The van der Waals surface area contributed by atoms with Gasteiger partial charge in [-0.25, -0.2) is 4.39 Å². The Balaban J connectivity index is 1.69. The van der Waals surface area contributed by atoms with Crippen molar-refractivity contribution in [2.75, 3.05) is 5.32 Å². The van der Waals surface area contributed by atoms with E-state index in [2.05, 4.69) is 17.4 Å². The molecule has 0 saturated carbocycles. The molecule has 1 aliphatic carbocycles. The van der Waals surface area contributed by atoms with E-state index in [0.717, 1.165) is 12.8 Å². The first-order valence-corrected chi connectivity index (χ1v) is 7.34. The highest BCUT2D eigenvalue weighted by molar-refractivity contribution is 6.31. The van der Waals surface area contributed by atoms with Gasteiger partial charge in [0.05, 0.1) is 10.7 Å². The number of nitrogens with one attached hydrogen (secondary N) is 1. The maximum Gasteiger partial charge on any atom is 0.225 e. The quantitative estimate of drug-likeness (QED) is 0.886. The zero-order valence-electron chi connectivity index (χ0n) is 11.4. The van der Waals surface area contributed by atoms with Crippen molar-refractivity contribution in [3.05, 3.63) is 64.4 Å². The van der Waals surface area contributed by atoms with Gasteiger partial charge < -0.3 is 5.32 Å². The SMILES string of the molecule is O=C(CC1CCc2ccccc21)Nc1cccc(Cl)c1F. The molecule has 1 unspecified atom stereocenters. The molecule has 1 amide bonds. The Morgan fingerprint density at radius 2 is 2.05 bits per heavy atom. The minimum atomic E-state index is -0.584. The third kappa shape index (κ3) is 2.93. The molecule has 0 heterocycles. The number of hydrogen-bond donors (Lipinski definition) is 1. The molecule has 0 spiro atoms. The van der Waals surface area contributed by atoms with Crippen LogP contribution < -0.4 is 5.32 Å². The third-order valence-corrected chi connectivity index (χ3v) is 4.21. The lowest BCUT2D eigenvalue weighted by Gasteiger charge is -2.12. The smallest absolute Gasteiger partial charge is 0.225 e. The number of hydrogen-bond acceptors (Lipinski definition) is 1. The second kappa shape index (κ2) is 5.86. The van der Waals surface area contributed by atoms with Crippen LogP contribution in [0.15, 0.2) is 42.5 Å². The number of carbonyl (C=O) groups excluding carboxylic acids is 1. The van der Waals surface area contributed by atoms with Crippen molar-refractivity contribution in [3.63, 3.8) is 0 Å². The fraction of sp³-hybridized carbons (Fsp3) is 0.235. The van der Waals surface area contributed by atoms with Crippen molar-refractivity contribution < 1.29 is 9.18 Å². The summed E-state index contributed by atoms with van der Waals surface area (Å²) in [4.78, 5) is 12.1. The zero-order valence-corrected chi connectivity index (χ0v) is 12.2. The highest BCUT2D eigenvalue weighted by atomic mass is 35.5. The summed E-state index contributed by atoms with van der Waals surface area (Å²) in [6.07, 6.45) is 2.33. The Labute approximate surface area is 127 Å². The summed E-state index contributed by atoms with van der Waals surface area (Å²) in [5, 5.41) is 2.62. The Morgan fingerprint density at radius 3 is 2.90 bits per heavy atom. The average molecular weight is 304 g/mol. The Kier molecular flexibility index (Phi) is 3.93. The molecule has 0 aliphatic heterocycles. The van der Waals surface area contributed by atoms with E-state index in [0.29, 0.717) is 6.42 Å². The molecule has 108 valence electrons. The summed E-state index contributed by atoms with van der Waals surface area (Å²) in [7, 11) is 0. The van der Waals surface area contributed by atoms with Gasteiger partial charge in [-0.2, -0.15) is 0 Å². The number of amides is 1. The normalized spacial score (nSPS) is 16.6. The molecule has 21 heavy (non-hydrogen) atoms. The van der Waals surface area contributed by atoms with Crippen LogP contribution >= 0.6 is 11.6 Å². The fourth-order valence-electron chi connectivity index (χ4n) is 2.88. The van der Waals surface area contributed by atoms with Gasteiger partial charge in [-0.1, -0.05) is 41.9 Å². The van der Waals surface area contributed by atoms with E-state index >= 15 is 0 Å². The molecule has 2 aromatic rings. The van der Waals surface area contributed by atoms with Gasteiger partial charge >= 0.3 is 0 Å². The molecule has 2 aromatic carbocycles. The first kappa shape index (κ1) is 14.1. The van der Waals surface area contributed by atoms with Gasteiger partial charge in [-0.05, 0) is 42.0 Å². The molecule has 0 radical (unpaired) electrons. The van der Waals surface area contributed by atoms with Gasteiger partial charge in [0.25, 0.3) is 0 Å². The van der Waals surface area contributed by atoms with Crippen molar-refractivity contribution in [2.45, 2.75) is 25.2 Å². The summed E-state index contributed by atoms with van der Waals surface area (Å²) in [5.41, 5.74) is 2.68.